The van der Waals surface area contributed by atoms with Gasteiger partial charge in [0.25, 0.3) is 0 Å². The minimum Gasteiger partial charge on any atom is -0.299 e. The van der Waals surface area contributed by atoms with Crippen LogP contribution in [-0.4, -0.2) is 11.6 Å². The van der Waals surface area contributed by atoms with Crippen molar-refractivity contribution < 1.29 is 18.4 Å². The summed E-state index contributed by atoms with van der Waals surface area (Å²) in [4.78, 5) is 24.2. The molecule has 0 aliphatic heterocycles. The Balaban J connectivity index is 2.63. The van der Waals surface area contributed by atoms with Crippen molar-refractivity contribution >= 4 is 11.6 Å². The van der Waals surface area contributed by atoms with Crippen molar-refractivity contribution in [2.45, 2.75) is 25.7 Å². The molecule has 2 rings (SSSR count). The Morgan fingerprint density at radius 2 is 1.05 bits per heavy atom. The molecule has 0 amide bonds. The molecular formula is C18H16F2O2. The third-order valence-electron chi connectivity index (χ3n) is 3.69. The summed E-state index contributed by atoms with van der Waals surface area (Å²) < 4.78 is 28.2. The molecule has 0 fully saturated rings. The zero-order chi connectivity index (χ0) is 16.3. The van der Waals surface area contributed by atoms with Gasteiger partial charge >= 0.3 is 0 Å². The lowest BCUT2D eigenvalue weighted by molar-refractivity contribution is -0.125. The Labute approximate surface area is 127 Å². The van der Waals surface area contributed by atoms with Gasteiger partial charge in [0.05, 0.1) is 11.8 Å². The third kappa shape index (κ3) is 3.11. The Bertz CT molecular complexity index is 648. The Hall–Kier alpha value is -2.36. The first-order chi connectivity index (χ1) is 10.4. The first-order valence-corrected chi connectivity index (χ1v) is 6.93. The van der Waals surface area contributed by atoms with Crippen molar-refractivity contribution in [1.82, 2.24) is 0 Å². The summed E-state index contributed by atoms with van der Waals surface area (Å²) in [6, 6.07) is 11.5. The number of benzene rings is 2. The second kappa shape index (κ2) is 6.60. The van der Waals surface area contributed by atoms with Crippen LogP contribution in [0.5, 0.6) is 0 Å². The summed E-state index contributed by atoms with van der Waals surface area (Å²) in [5, 5.41) is 0. The van der Waals surface area contributed by atoms with E-state index >= 15 is 0 Å². The molecule has 0 saturated carbocycles. The lowest BCUT2D eigenvalue weighted by atomic mass is 9.77. The van der Waals surface area contributed by atoms with E-state index in [1.807, 2.05) is 0 Å². The number of halogens is 2. The van der Waals surface area contributed by atoms with E-state index in [1.165, 1.54) is 50.2 Å². The number of carbonyl (C=O) groups is 2. The predicted octanol–water partition coefficient (Wildman–Crippen LogP) is 4.01. The molecule has 2 aromatic rings. The van der Waals surface area contributed by atoms with E-state index in [-0.39, 0.29) is 22.7 Å². The molecule has 0 aliphatic carbocycles. The lowest BCUT2D eigenvalue weighted by Gasteiger charge is -2.24. The molecule has 0 bridgehead atoms. The summed E-state index contributed by atoms with van der Waals surface area (Å²) in [5.74, 6) is -4.01. The largest absolute Gasteiger partial charge is 0.299 e. The maximum atomic E-state index is 14.1. The van der Waals surface area contributed by atoms with Gasteiger partial charge in [0.15, 0.2) is 0 Å². The molecule has 22 heavy (non-hydrogen) atoms. The van der Waals surface area contributed by atoms with E-state index in [1.54, 1.807) is 12.1 Å². The maximum Gasteiger partial charge on any atom is 0.138 e. The summed E-state index contributed by atoms with van der Waals surface area (Å²) >= 11 is 0. The van der Waals surface area contributed by atoms with E-state index in [9.17, 15) is 18.4 Å². The number of hydrogen-bond acceptors (Lipinski definition) is 2. The van der Waals surface area contributed by atoms with Crippen molar-refractivity contribution in [3.8, 4) is 0 Å². The average Bonchev–Trinajstić information content (AvgIpc) is 2.46. The van der Waals surface area contributed by atoms with Crippen molar-refractivity contribution in [3.63, 3.8) is 0 Å². The maximum absolute atomic E-state index is 14.1. The second-order valence-electron chi connectivity index (χ2n) is 5.22. The van der Waals surface area contributed by atoms with Gasteiger partial charge in [0.1, 0.15) is 23.2 Å². The predicted molar refractivity (Wildman–Crippen MR) is 79.6 cm³/mol. The van der Waals surface area contributed by atoms with E-state index in [0.717, 1.165) is 0 Å². The van der Waals surface area contributed by atoms with Gasteiger partial charge < -0.3 is 0 Å². The second-order valence-corrected chi connectivity index (χ2v) is 5.22. The minimum atomic E-state index is -1.05. The molecule has 0 heterocycles. The molecule has 0 radical (unpaired) electrons. The fourth-order valence-electron chi connectivity index (χ4n) is 2.72. The average molecular weight is 302 g/mol. The topological polar surface area (TPSA) is 34.1 Å². The van der Waals surface area contributed by atoms with E-state index < -0.39 is 23.5 Å². The first kappa shape index (κ1) is 16.0. The van der Waals surface area contributed by atoms with Crippen LogP contribution in [0.15, 0.2) is 48.5 Å². The highest BCUT2D eigenvalue weighted by Crippen LogP contribution is 2.36. The van der Waals surface area contributed by atoms with Crippen LogP contribution < -0.4 is 0 Å². The lowest BCUT2D eigenvalue weighted by Crippen LogP contribution is -2.25. The normalized spacial score (nSPS) is 13.5. The van der Waals surface area contributed by atoms with Gasteiger partial charge in [-0.25, -0.2) is 8.78 Å². The van der Waals surface area contributed by atoms with Crippen LogP contribution in [0.25, 0.3) is 0 Å². The Morgan fingerprint density at radius 3 is 1.32 bits per heavy atom. The number of carbonyl (C=O) groups excluding carboxylic acids is 2. The van der Waals surface area contributed by atoms with Crippen molar-refractivity contribution in [3.05, 3.63) is 71.3 Å². The highest BCUT2D eigenvalue weighted by molar-refractivity contribution is 5.94. The number of ketones is 2. The van der Waals surface area contributed by atoms with Crippen LogP contribution in [-0.2, 0) is 9.59 Å². The van der Waals surface area contributed by atoms with Gasteiger partial charge in [-0.05, 0) is 37.1 Å². The molecule has 2 nitrogen and oxygen atoms in total. The number of rotatable bonds is 5. The molecule has 0 spiro atoms. The van der Waals surface area contributed by atoms with Crippen LogP contribution in [0, 0.1) is 11.6 Å². The van der Waals surface area contributed by atoms with Crippen molar-refractivity contribution in [2.24, 2.45) is 0 Å². The van der Waals surface area contributed by atoms with Gasteiger partial charge in [-0.3, -0.25) is 9.59 Å². The van der Waals surface area contributed by atoms with Crippen molar-refractivity contribution in [2.75, 3.05) is 0 Å². The molecule has 0 saturated heterocycles. The van der Waals surface area contributed by atoms with Gasteiger partial charge in [0.2, 0.25) is 0 Å². The molecule has 2 aromatic carbocycles. The molecule has 4 heteroatoms. The number of Topliss-reactive ketones (excluding diaryl/α,β-unsaturated/α-hetero) is 2. The van der Waals surface area contributed by atoms with Crippen LogP contribution >= 0.6 is 0 Å². The summed E-state index contributed by atoms with van der Waals surface area (Å²) in [6.45, 7) is 2.57. The standard InChI is InChI=1S/C18H16F2O2/c1-11(21)17(13-7-3-5-9-15(13)19)18(12(2)22)14-8-4-6-10-16(14)20/h3-10,17-18H,1-2H3. The van der Waals surface area contributed by atoms with Crippen LogP contribution in [0.3, 0.4) is 0 Å². The van der Waals surface area contributed by atoms with E-state index in [4.69, 9.17) is 0 Å². The quantitative estimate of drug-likeness (QED) is 0.836. The van der Waals surface area contributed by atoms with Gasteiger partial charge in [0, 0.05) is 0 Å². The smallest absolute Gasteiger partial charge is 0.138 e. The van der Waals surface area contributed by atoms with Crippen molar-refractivity contribution in [1.29, 1.82) is 0 Å². The minimum absolute atomic E-state index is 0.110. The monoisotopic (exact) mass is 302 g/mol. The highest BCUT2D eigenvalue weighted by Gasteiger charge is 2.35. The first-order valence-electron chi connectivity index (χ1n) is 6.93. The fourth-order valence-corrected chi connectivity index (χ4v) is 2.72. The van der Waals surface area contributed by atoms with Crippen LogP contribution in [0.2, 0.25) is 0 Å². The van der Waals surface area contributed by atoms with Gasteiger partial charge in [-0.1, -0.05) is 36.4 Å². The molecular weight excluding hydrogens is 286 g/mol. The molecule has 114 valence electrons. The molecule has 2 unspecified atom stereocenters. The van der Waals surface area contributed by atoms with E-state index in [2.05, 4.69) is 0 Å². The zero-order valence-corrected chi connectivity index (χ0v) is 12.3. The van der Waals surface area contributed by atoms with Gasteiger partial charge in [-0.15, -0.1) is 0 Å². The van der Waals surface area contributed by atoms with E-state index in [0.29, 0.717) is 0 Å². The number of hydrogen-bond donors (Lipinski definition) is 0. The van der Waals surface area contributed by atoms with Crippen LogP contribution in [0.1, 0.15) is 36.8 Å². The Morgan fingerprint density at radius 1 is 0.727 bits per heavy atom. The highest BCUT2D eigenvalue weighted by atomic mass is 19.1. The molecule has 0 aliphatic rings. The third-order valence-corrected chi connectivity index (χ3v) is 3.69. The zero-order valence-electron chi connectivity index (χ0n) is 12.3. The molecule has 2 atom stereocenters. The fraction of sp³-hybridized carbons (Fsp3) is 0.222. The summed E-state index contributed by atoms with van der Waals surface area (Å²) in [7, 11) is 0. The Kier molecular flexibility index (Phi) is 4.81. The molecule has 0 N–H and O–H groups in total. The summed E-state index contributed by atoms with van der Waals surface area (Å²) in [6.07, 6.45) is 0. The van der Waals surface area contributed by atoms with Crippen LogP contribution in [0.4, 0.5) is 8.78 Å². The SMILES string of the molecule is CC(=O)C(c1ccccc1F)C(C(C)=O)c1ccccc1F. The summed E-state index contributed by atoms with van der Waals surface area (Å²) in [5.41, 5.74) is 0.219. The van der Waals surface area contributed by atoms with Gasteiger partial charge in [-0.2, -0.15) is 0 Å². The molecule has 0 aromatic heterocycles.